The zero-order chi connectivity index (χ0) is 17.7. The molecule has 0 bridgehead atoms. The van der Waals surface area contributed by atoms with E-state index in [2.05, 4.69) is 21.8 Å². The van der Waals surface area contributed by atoms with Crippen LogP contribution in [0.1, 0.15) is 25.3 Å². The zero-order valence-electron chi connectivity index (χ0n) is 14.0. The van der Waals surface area contributed by atoms with Crippen molar-refractivity contribution in [2.24, 2.45) is 0 Å². The maximum atomic E-state index is 13.1. The Bertz CT molecular complexity index is 794. The summed E-state index contributed by atoms with van der Waals surface area (Å²) in [4.78, 5) is 1.97. The summed E-state index contributed by atoms with van der Waals surface area (Å²) >= 11 is 0. The molecule has 1 heterocycles. The average Bonchev–Trinajstić information content (AvgIpc) is 2.52. The van der Waals surface area contributed by atoms with Crippen molar-refractivity contribution in [1.82, 2.24) is 10.2 Å². The van der Waals surface area contributed by atoms with Crippen LogP contribution in [0.25, 0.3) is 0 Å². The number of nitrogens with zero attached hydrogens (tertiary/aromatic N) is 3. The van der Waals surface area contributed by atoms with Gasteiger partial charge in [-0.2, -0.15) is 0 Å². The molecule has 8 heteroatoms. The first-order chi connectivity index (χ1) is 11.3. The number of anilines is 2. The second-order valence-electron chi connectivity index (χ2n) is 5.57. The van der Waals surface area contributed by atoms with E-state index in [1.165, 1.54) is 19.1 Å². The van der Waals surface area contributed by atoms with Crippen LogP contribution in [0.5, 0.6) is 0 Å². The van der Waals surface area contributed by atoms with E-state index in [0.29, 0.717) is 11.4 Å². The molecular weight excluding hydrogens is 331 g/mol. The summed E-state index contributed by atoms with van der Waals surface area (Å²) in [5.41, 5.74) is 0.325. The molecule has 0 aliphatic rings. The van der Waals surface area contributed by atoms with Crippen LogP contribution in [0.15, 0.2) is 35.2 Å². The largest absolute Gasteiger partial charge is 0.358 e. The molecule has 130 valence electrons. The lowest BCUT2D eigenvalue weighted by molar-refractivity contribution is 0.598. The molecular formula is C16H21FN4O2S. The standard InChI is InChI=1S/C16H21FN4O2S/c1-4-5-10-21(3)16-9-8-15(18-19-16)20-24(22,23)14-7-6-13(17)11-12(14)2/h6-9,11H,4-5,10H2,1-3H3,(H,18,20). The lowest BCUT2D eigenvalue weighted by atomic mass is 10.2. The first-order valence-electron chi connectivity index (χ1n) is 7.67. The molecule has 0 unspecified atom stereocenters. The summed E-state index contributed by atoms with van der Waals surface area (Å²) in [5.74, 6) is 0.307. The molecule has 0 saturated carbocycles. The van der Waals surface area contributed by atoms with Gasteiger partial charge in [-0.25, -0.2) is 12.8 Å². The fourth-order valence-electron chi connectivity index (χ4n) is 2.20. The number of sulfonamides is 1. The monoisotopic (exact) mass is 352 g/mol. The topological polar surface area (TPSA) is 75.2 Å². The van der Waals surface area contributed by atoms with Crippen molar-refractivity contribution in [1.29, 1.82) is 0 Å². The van der Waals surface area contributed by atoms with E-state index in [1.54, 1.807) is 12.1 Å². The van der Waals surface area contributed by atoms with Crippen molar-refractivity contribution in [3.63, 3.8) is 0 Å². The Balaban J connectivity index is 2.15. The smallest absolute Gasteiger partial charge is 0.263 e. The average molecular weight is 352 g/mol. The van der Waals surface area contributed by atoms with Gasteiger partial charge in [-0.05, 0) is 49.2 Å². The number of hydrogen-bond acceptors (Lipinski definition) is 5. The van der Waals surface area contributed by atoms with E-state index in [1.807, 2.05) is 11.9 Å². The maximum absolute atomic E-state index is 13.1. The highest BCUT2D eigenvalue weighted by Gasteiger charge is 2.18. The van der Waals surface area contributed by atoms with Gasteiger partial charge in [0.25, 0.3) is 10.0 Å². The van der Waals surface area contributed by atoms with Crippen LogP contribution in [-0.4, -0.2) is 32.2 Å². The summed E-state index contributed by atoms with van der Waals surface area (Å²) < 4.78 is 40.3. The third-order valence-electron chi connectivity index (χ3n) is 3.55. The van der Waals surface area contributed by atoms with Gasteiger partial charge in [0.15, 0.2) is 11.6 Å². The predicted molar refractivity (Wildman–Crippen MR) is 92.2 cm³/mol. The molecule has 2 rings (SSSR count). The minimum Gasteiger partial charge on any atom is -0.358 e. The molecule has 6 nitrogen and oxygen atoms in total. The van der Waals surface area contributed by atoms with Crippen LogP contribution < -0.4 is 9.62 Å². The van der Waals surface area contributed by atoms with Crippen molar-refractivity contribution in [3.8, 4) is 0 Å². The van der Waals surface area contributed by atoms with Crippen LogP contribution >= 0.6 is 0 Å². The van der Waals surface area contributed by atoms with E-state index in [0.717, 1.165) is 25.5 Å². The molecule has 1 N–H and O–H groups in total. The first kappa shape index (κ1) is 18.1. The molecule has 0 aliphatic heterocycles. The summed E-state index contributed by atoms with van der Waals surface area (Å²) in [6, 6.07) is 6.78. The number of rotatable bonds is 7. The maximum Gasteiger partial charge on any atom is 0.263 e. The number of nitrogens with one attached hydrogen (secondary N) is 1. The minimum absolute atomic E-state index is 0.00911. The van der Waals surface area contributed by atoms with E-state index in [9.17, 15) is 12.8 Å². The van der Waals surface area contributed by atoms with Gasteiger partial charge in [0.1, 0.15) is 5.82 Å². The third kappa shape index (κ3) is 4.41. The molecule has 1 aromatic carbocycles. The number of aryl methyl sites for hydroxylation is 1. The molecule has 2 aromatic rings. The molecule has 0 atom stereocenters. The normalized spacial score (nSPS) is 11.3. The molecule has 0 saturated heterocycles. The second kappa shape index (κ2) is 7.57. The quantitative estimate of drug-likeness (QED) is 0.829. The number of halogens is 1. The minimum atomic E-state index is -3.84. The van der Waals surface area contributed by atoms with Crippen molar-refractivity contribution < 1.29 is 12.8 Å². The van der Waals surface area contributed by atoms with Crippen LogP contribution in [0.4, 0.5) is 16.0 Å². The van der Waals surface area contributed by atoms with Crippen molar-refractivity contribution >= 4 is 21.7 Å². The Labute approximate surface area is 141 Å². The molecule has 0 aliphatic carbocycles. The number of benzene rings is 1. The van der Waals surface area contributed by atoms with Gasteiger partial charge in [0, 0.05) is 13.6 Å². The first-order valence-corrected chi connectivity index (χ1v) is 9.15. The Hall–Kier alpha value is -2.22. The van der Waals surface area contributed by atoms with Crippen LogP contribution in [0.2, 0.25) is 0 Å². The Kier molecular flexibility index (Phi) is 5.71. The van der Waals surface area contributed by atoms with Gasteiger partial charge in [-0.3, -0.25) is 4.72 Å². The number of aromatic nitrogens is 2. The highest BCUT2D eigenvalue weighted by molar-refractivity contribution is 7.92. The molecule has 0 spiro atoms. The van der Waals surface area contributed by atoms with Crippen molar-refractivity contribution in [2.45, 2.75) is 31.6 Å². The third-order valence-corrected chi connectivity index (χ3v) is 5.07. The summed E-state index contributed by atoms with van der Waals surface area (Å²) in [7, 11) is -1.93. The van der Waals surface area contributed by atoms with Gasteiger partial charge < -0.3 is 4.90 Å². The van der Waals surface area contributed by atoms with E-state index < -0.39 is 15.8 Å². The highest BCUT2D eigenvalue weighted by atomic mass is 32.2. The Morgan fingerprint density at radius 1 is 1.21 bits per heavy atom. The fourth-order valence-corrected chi connectivity index (χ4v) is 3.42. The van der Waals surface area contributed by atoms with Gasteiger partial charge in [-0.1, -0.05) is 13.3 Å². The summed E-state index contributed by atoms with van der Waals surface area (Å²) in [6.07, 6.45) is 2.11. The lowest BCUT2D eigenvalue weighted by Crippen LogP contribution is -2.20. The Morgan fingerprint density at radius 3 is 2.54 bits per heavy atom. The zero-order valence-corrected chi connectivity index (χ0v) is 14.8. The Morgan fingerprint density at radius 2 is 1.96 bits per heavy atom. The van der Waals surface area contributed by atoms with E-state index in [4.69, 9.17) is 0 Å². The van der Waals surface area contributed by atoms with Crippen LogP contribution in [0, 0.1) is 12.7 Å². The molecule has 1 aromatic heterocycles. The number of unbranched alkanes of at least 4 members (excludes halogenated alkanes) is 1. The lowest BCUT2D eigenvalue weighted by Gasteiger charge is -2.17. The van der Waals surface area contributed by atoms with Crippen molar-refractivity contribution in [2.75, 3.05) is 23.2 Å². The second-order valence-corrected chi connectivity index (χ2v) is 7.22. The van der Waals surface area contributed by atoms with E-state index >= 15 is 0 Å². The predicted octanol–water partition coefficient (Wildman–Crippen LogP) is 2.96. The van der Waals surface area contributed by atoms with Gasteiger partial charge >= 0.3 is 0 Å². The molecule has 0 radical (unpaired) electrons. The SMILES string of the molecule is CCCCN(C)c1ccc(NS(=O)(=O)c2ccc(F)cc2C)nn1. The summed E-state index contributed by atoms with van der Waals surface area (Å²) in [6.45, 7) is 4.50. The van der Waals surface area contributed by atoms with Crippen LogP contribution in [0.3, 0.4) is 0 Å². The van der Waals surface area contributed by atoms with E-state index in [-0.39, 0.29) is 10.7 Å². The van der Waals surface area contributed by atoms with Crippen LogP contribution in [-0.2, 0) is 10.0 Å². The van der Waals surface area contributed by atoms with Gasteiger partial charge in [0.2, 0.25) is 0 Å². The highest BCUT2D eigenvalue weighted by Crippen LogP contribution is 2.19. The fraction of sp³-hybridized carbons (Fsp3) is 0.375. The van der Waals surface area contributed by atoms with Gasteiger partial charge in [0.05, 0.1) is 4.90 Å². The van der Waals surface area contributed by atoms with Gasteiger partial charge in [-0.15, -0.1) is 10.2 Å². The summed E-state index contributed by atoms with van der Waals surface area (Å²) in [5, 5.41) is 7.94. The number of hydrogen-bond donors (Lipinski definition) is 1. The van der Waals surface area contributed by atoms with Crippen molar-refractivity contribution in [3.05, 3.63) is 41.7 Å². The molecule has 0 amide bonds. The molecule has 0 fully saturated rings. The molecule has 24 heavy (non-hydrogen) atoms.